The molecule has 110 valence electrons. The Labute approximate surface area is 146 Å². The van der Waals surface area contributed by atoms with Gasteiger partial charge in [0.1, 0.15) is 5.82 Å². The Morgan fingerprint density at radius 1 is 1.33 bits per heavy atom. The molecule has 0 saturated carbocycles. The average molecular weight is 451 g/mol. The van der Waals surface area contributed by atoms with Crippen molar-refractivity contribution in [3.8, 4) is 0 Å². The van der Waals surface area contributed by atoms with Crippen molar-refractivity contribution in [3.63, 3.8) is 0 Å². The number of carbonyl (C=O) groups is 1. The first-order chi connectivity index (χ1) is 10.0. The summed E-state index contributed by atoms with van der Waals surface area (Å²) < 4.78 is 15.2. The Kier molecular flexibility index (Phi) is 4.73. The van der Waals surface area contributed by atoms with Gasteiger partial charge in [-0.05, 0) is 68.1 Å². The smallest absolute Gasteiger partial charge is 0.261 e. The van der Waals surface area contributed by atoms with Gasteiger partial charge in [0.05, 0.1) is 14.7 Å². The van der Waals surface area contributed by atoms with Crippen LogP contribution in [0, 0.1) is 5.82 Å². The molecule has 1 atom stereocenters. The van der Waals surface area contributed by atoms with E-state index >= 15 is 0 Å². The van der Waals surface area contributed by atoms with Crippen molar-refractivity contribution in [2.24, 2.45) is 0 Å². The van der Waals surface area contributed by atoms with Crippen LogP contribution in [0.2, 0.25) is 0 Å². The Bertz CT molecular complexity index is 685. The van der Waals surface area contributed by atoms with E-state index in [1.54, 1.807) is 23.9 Å². The van der Waals surface area contributed by atoms with Crippen molar-refractivity contribution in [2.45, 2.75) is 17.4 Å². The third-order valence-electron chi connectivity index (χ3n) is 3.19. The third-order valence-corrected chi connectivity index (χ3v) is 7.56. The van der Waals surface area contributed by atoms with Gasteiger partial charge in [0, 0.05) is 15.1 Å². The van der Waals surface area contributed by atoms with Crippen LogP contribution < -0.4 is 5.32 Å². The molecule has 7 heteroatoms. The maximum atomic E-state index is 13.5. The highest BCUT2D eigenvalue weighted by Crippen LogP contribution is 2.37. The number of halogens is 3. The van der Waals surface area contributed by atoms with E-state index in [0.29, 0.717) is 4.88 Å². The predicted octanol–water partition coefficient (Wildman–Crippen LogP) is 5.38. The lowest BCUT2D eigenvalue weighted by molar-refractivity contribution is 0.0939. The molecule has 2 heterocycles. The van der Waals surface area contributed by atoms with Gasteiger partial charge in [-0.1, -0.05) is 0 Å². The third kappa shape index (κ3) is 3.36. The number of hydrogen-bond donors (Lipinski definition) is 1. The number of nitrogens with one attached hydrogen (secondary N) is 1. The van der Waals surface area contributed by atoms with Gasteiger partial charge in [-0.3, -0.25) is 4.79 Å². The first-order valence-corrected chi connectivity index (χ1v) is 9.61. The summed E-state index contributed by atoms with van der Waals surface area (Å²) in [6.45, 7) is 0. The number of hydrogen-bond acceptors (Lipinski definition) is 3. The normalized spacial score (nSPS) is 17.4. The summed E-state index contributed by atoms with van der Waals surface area (Å²) in [6.07, 6.45) is 0.806. The van der Waals surface area contributed by atoms with Crippen molar-refractivity contribution in [1.82, 2.24) is 5.32 Å². The minimum Gasteiger partial charge on any atom is -0.344 e. The largest absolute Gasteiger partial charge is 0.344 e. The summed E-state index contributed by atoms with van der Waals surface area (Å²) in [6, 6.07) is 6.42. The minimum atomic E-state index is -0.267. The second-order valence-corrected chi connectivity index (χ2v) is 8.94. The topological polar surface area (TPSA) is 29.1 Å². The molecule has 2 nitrogen and oxygen atoms in total. The van der Waals surface area contributed by atoms with Gasteiger partial charge in [0.2, 0.25) is 0 Å². The molecule has 3 rings (SSSR count). The monoisotopic (exact) mass is 449 g/mol. The van der Waals surface area contributed by atoms with E-state index in [4.69, 9.17) is 0 Å². The highest BCUT2D eigenvalue weighted by molar-refractivity contribution is 9.13. The van der Waals surface area contributed by atoms with Gasteiger partial charge in [0.15, 0.2) is 0 Å². The van der Waals surface area contributed by atoms with E-state index in [0.717, 1.165) is 30.9 Å². The SMILES string of the molecule is O=C(NC1CCSc2ccc(F)cc21)c1cc(Br)c(Br)s1. The Hall–Kier alpha value is -0.370. The van der Waals surface area contributed by atoms with Crippen molar-refractivity contribution >= 4 is 60.9 Å². The molecule has 1 N–H and O–H groups in total. The van der Waals surface area contributed by atoms with Gasteiger partial charge in [0.25, 0.3) is 5.91 Å². The summed E-state index contributed by atoms with van der Waals surface area (Å²) in [7, 11) is 0. The fourth-order valence-corrected chi connectivity index (χ4v) is 5.25. The van der Waals surface area contributed by atoms with E-state index in [1.807, 2.05) is 0 Å². The Morgan fingerprint density at radius 2 is 2.14 bits per heavy atom. The molecule has 0 saturated heterocycles. The summed E-state index contributed by atoms with van der Waals surface area (Å²) in [5.41, 5.74) is 0.870. The molecule has 1 amide bonds. The number of carbonyl (C=O) groups excluding carboxylic acids is 1. The van der Waals surface area contributed by atoms with E-state index < -0.39 is 0 Å². The van der Waals surface area contributed by atoms with Crippen LogP contribution in [0.4, 0.5) is 4.39 Å². The van der Waals surface area contributed by atoms with Crippen LogP contribution in [0.5, 0.6) is 0 Å². The average Bonchev–Trinajstić information content (AvgIpc) is 2.79. The first kappa shape index (κ1) is 15.5. The Morgan fingerprint density at radius 3 is 2.86 bits per heavy atom. The summed E-state index contributed by atoms with van der Waals surface area (Å²) in [5.74, 6) is 0.525. The number of thiophene rings is 1. The van der Waals surface area contributed by atoms with Crippen LogP contribution >= 0.6 is 55.0 Å². The fraction of sp³-hybridized carbons (Fsp3) is 0.214. The molecule has 0 bridgehead atoms. The summed E-state index contributed by atoms with van der Waals surface area (Å²) in [4.78, 5) is 14.0. The van der Waals surface area contributed by atoms with Gasteiger partial charge in [-0.15, -0.1) is 23.1 Å². The number of amides is 1. The van der Waals surface area contributed by atoms with E-state index in [1.165, 1.54) is 23.5 Å². The van der Waals surface area contributed by atoms with Crippen LogP contribution in [-0.2, 0) is 0 Å². The lowest BCUT2D eigenvalue weighted by Gasteiger charge is -2.25. The van der Waals surface area contributed by atoms with Gasteiger partial charge in [-0.25, -0.2) is 4.39 Å². The van der Waals surface area contributed by atoms with Crippen LogP contribution in [-0.4, -0.2) is 11.7 Å². The molecule has 1 aromatic carbocycles. The molecule has 2 aromatic rings. The van der Waals surface area contributed by atoms with Gasteiger partial charge < -0.3 is 5.32 Å². The van der Waals surface area contributed by atoms with Crippen LogP contribution in [0.1, 0.15) is 27.7 Å². The predicted molar refractivity (Wildman–Crippen MR) is 91.7 cm³/mol. The molecular weight excluding hydrogens is 441 g/mol. The standard InChI is InChI=1S/C14H10Br2FNOS2/c15-9-6-12(21-13(9)16)14(19)18-10-3-4-20-11-2-1-7(17)5-8(10)11/h1-2,5-6,10H,3-4H2,(H,18,19). The number of thioether (sulfide) groups is 1. The van der Waals surface area contributed by atoms with Crippen molar-refractivity contribution in [1.29, 1.82) is 0 Å². The van der Waals surface area contributed by atoms with E-state index in [2.05, 4.69) is 37.2 Å². The summed E-state index contributed by atoms with van der Waals surface area (Å²) >= 11 is 9.83. The van der Waals surface area contributed by atoms with E-state index in [-0.39, 0.29) is 17.8 Å². The second kappa shape index (κ2) is 6.40. The molecule has 0 aliphatic carbocycles. The first-order valence-electron chi connectivity index (χ1n) is 6.22. The van der Waals surface area contributed by atoms with Crippen molar-refractivity contribution < 1.29 is 9.18 Å². The molecule has 1 aliphatic heterocycles. The zero-order chi connectivity index (χ0) is 15.0. The zero-order valence-electron chi connectivity index (χ0n) is 10.7. The van der Waals surface area contributed by atoms with Crippen LogP contribution in [0.3, 0.4) is 0 Å². The Balaban J connectivity index is 1.83. The molecule has 1 aromatic heterocycles. The zero-order valence-corrected chi connectivity index (χ0v) is 15.5. The van der Waals surface area contributed by atoms with E-state index in [9.17, 15) is 9.18 Å². The van der Waals surface area contributed by atoms with Crippen LogP contribution in [0.25, 0.3) is 0 Å². The number of fused-ring (bicyclic) bond motifs is 1. The summed E-state index contributed by atoms with van der Waals surface area (Å²) in [5, 5.41) is 3.01. The molecule has 1 unspecified atom stereocenters. The number of benzene rings is 1. The molecule has 0 fully saturated rings. The molecular formula is C14H10Br2FNOS2. The van der Waals surface area contributed by atoms with Gasteiger partial charge in [-0.2, -0.15) is 0 Å². The second-order valence-electron chi connectivity index (χ2n) is 4.58. The highest BCUT2D eigenvalue weighted by atomic mass is 79.9. The highest BCUT2D eigenvalue weighted by Gasteiger charge is 2.24. The molecule has 0 radical (unpaired) electrons. The van der Waals surface area contributed by atoms with Crippen LogP contribution in [0.15, 0.2) is 37.4 Å². The van der Waals surface area contributed by atoms with Gasteiger partial charge >= 0.3 is 0 Å². The molecule has 1 aliphatic rings. The number of rotatable bonds is 2. The molecule has 0 spiro atoms. The maximum Gasteiger partial charge on any atom is 0.261 e. The van der Waals surface area contributed by atoms with Crippen molar-refractivity contribution in [2.75, 3.05) is 5.75 Å². The lowest BCUT2D eigenvalue weighted by Crippen LogP contribution is -2.30. The lowest BCUT2D eigenvalue weighted by atomic mass is 10.0. The van der Waals surface area contributed by atoms with Crippen molar-refractivity contribution in [3.05, 3.63) is 48.8 Å². The maximum absolute atomic E-state index is 13.5. The minimum absolute atomic E-state index is 0.126. The fourth-order valence-electron chi connectivity index (χ4n) is 2.20. The quantitative estimate of drug-likeness (QED) is 0.665. The molecule has 21 heavy (non-hydrogen) atoms.